The van der Waals surface area contributed by atoms with Crippen LogP contribution in [0.1, 0.15) is 25.3 Å². The van der Waals surface area contributed by atoms with E-state index in [1.165, 1.54) is 24.3 Å². The Morgan fingerprint density at radius 3 is 2.50 bits per heavy atom. The Balaban J connectivity index is 2.64. The third-order valence-corrected chi connectivity index (χ3v) is 4.45. The van der Waals surface area contributed by atoms with E-state index in [2.05, 4.69) is 5.16 Å². The van der Waals surface area contributed by atoms with Gasteiger partial charge in [0.15, 0.2) is 15.7 Å². The van der Waals surface area contributed by atoms with Gasteiger partial charge in [-0.15, -0.1) is 0 Å². The Morgan fingerprint density at radius 2 is 1.95 bits per heavy atom. The van der Waals surface area contributed by atoms with Gasteiger partial charge in [-0.1, -0.05) is 18.5 Å². The molecule has 0 aliphatic rings. The summed E-state index contributed by atoms with van der Waals surface area (Å²) < 4.78 is 29.3. The summed E-state index contributed by atoms with van der Waals surface area (Å²) in [6.45, 7) is 2.81. The highest BCUT2D eigenvalue weighted by Crippen LogP contribution is 2.12. The van der Waals surface area contributed by atoms with Crippen molar-refractivity contribution in [2.75, 3.05) is 19.0 Å². The van der Waals surface area contributed by atoms with Crippen molar-refractivity contribution in [3.05, 3.63) is 29.8 Å². The average molecular weight is 300 g/mol. The molecule has 3 N–H and O–H groups in total. The van der Waals surface area contributed by atoms with Crippen LogP contribution < -0.4 is 5.73 Å². The summed E-state index contributed by atoms with van der Waals surface area (Å²) >= 11 is 0. The number of ether oxygens (including phenoxy) is 1. The lowest BCUT2D eigenvalue weighted by molar-refractivity contribution is 0.146. The first-order chi connectivity index (χ1) is 9.51. The Labute approximate surface area is 119 Å². The second kappa shape index (κ2) is 7.86. The molecule has 0 fully saturated rings. The van der Waals surface area contributed by atoms with Gasteiger partial charge in [-0.3, -0.25) is 0 Å². The predicted octanol–water partition coefficient (Wildman–Crippen LogP) is 1.37. The molecule has 7 heteroatoms. The highest BCUT2D eigenvalue weighted by molar-refractivity contribution is 7.91. The second-order valence-electron chi connectivity index (χ2n) is 4.29. The Morgan fingerprint density at radius 1 is 1.30 bits per heavy atom. The van der Waals surface area contributed by atoms with Gasteiger partial charge in [0.2, 0.25) is 0 Å². The molecule has 6 nitrogen and oxygen atoms in total. The number of unbranched alkanes of at least 4 members (excludes halogenated alkanes) is 1. The molecule has 0 amide bonds. The summed E-state index contributed by atoms with van der Waals surface area (Å²) in [6, 6.07) is 5.88. The lowest BCUT2D eigenvalue weighted by Gasteiger charge is -2.06. The highest BCUT2D eigenvalue weighted by Gasteiger charge is 2.14. The molecule has 112 valence electrons. The largest absolute Gasteiger partial charge is 0.409 e. The molecule has 0 aromatic heterocycles. The molecule has 0 saturated carbocycles. The molecule has 0 spiro atoms. The van der Waals surface area contributed by atoms with Crippen molar-refractivity contribution in [3.8, 4) is 0 Å². The molecular formula is C13H20N2O4S. The number of nitrogens with two attached hydrogens (primary N) is 1. The summed E-state index contributed by atoms with van der Waals surface area (Å²) in [7, 11) is -3.36. The van der Waals surface area contributed by atoms with E-state index in [0.29, 0.717) is 12.2 Å². The number of sulfone groups is 1. The van der Waals surface area contributed by atoms with Crippen LogP contribution in [-0.2, 0) is 14.6 Å². The number of hydrogen-bond donors (Lipinski definition) is 2. The number of amidine groups is 1. The van der Waals surface area contributed by atoms with Gasteiger partial charge in [0.25, 0.3) is 0 Å². The number of hydrogen-bond acceptors (Lipinski definition) is 5. The van der Waals surface area contributed by atoms with Crippen molar-refractivity contribution in [1.82, 2.24) is 0 Å². The van der Waals surface area contributed by atoms with Crippen molar-refractivity contribution >= 4 is 15.7 Å². The molecule has 0 atom stereocenters. The van der Waals surface area contributed by atoms with E-state index < -0.39 is 9.84 Å². The van der Waals surface area contributed by atoms with Crippen molar-refractivity contribution in [3.63, 3.8) is 0 Å². The molecule has 0 unspecified atom stereocenters. The van der Waals surface area contributed by atoms with Crippen LogP contribution in [0.4, 0.5) is 0 Å². The maximum Gasteiger partial charge on any atom is 0.180 e. The van der Waals surface area contributed by atoms with E-state index in [4.69, 9.17) is 15.7 Å². The first-order valence-electron chi connectivity index (χ1n) is 6.39. The minimum absolute atomic E-state index is 0.0559. The van der Waals surface area contributed by atoms with Gasteiger partial charge in [-0.05, 0) is 30.7 Å². The summed E-state index contributed by atoms with van der Waals surface area (Å²) in [5, 5.41) is 11.4. The molecule has 1 aromatic rings. The van der Waals surface area contributed by atoms with Crippen LogP contribution >= 0.6 is 0 Å². The fourth-order valence-electron chi connectivity index (χ4n) is 1.53. The van der Waals surface area contributed by atoms with E-state index in [1.54, 1.807) is 0 Å². The summed E-state index contributed by atoms with van der Waals surface area (Å²) in [5.74, 6) is -0.114. The van der Waals surface area contributed by atoms with Gasteiger partial charge in [0, 0.05) is 12.2 Å². The lowest BCUT2D eigenvalue weighted by Crippen LogP contribution is -2.15. The van der Waals surface area contributed by atoms with Gasteiger partial charge < -0.3 is 15.7 Å². The van der Waals surface area contributed by atoms with Crippen LogP contribution in [0, 0.1) is 0 Å². The fraction of sp³-hybridized carbons (Fsp3) is 0.462. The maximum absolute atomic E-state index is 12.0. The maximum atomic E-state index is 12.0. The van der Waals surface area contributed by atoms with Crippen LogP contribution in [0.5, 0.6) is 0 Å². The third-order valence-electron chi connectivity index (χ3n) is 2.76. The molecule has 0 heterocycles. The van der Waals surface area contributed by atoms with Crippen LogP contribution in [0.2, 0.25) is 0 Å². The van der Waals surface area contributed by atoms with E-state index in [0.717, 1.165) is 12.8 Å². The first kappa shape index (κ1) is 16.5. The Hall–Kier alpha value is -1.60. The summed E-state index contributed by atoms with van der Waals surface area (Å²) in [6.07, 6.45) is 1.94. The van der Waals surface area contributed by atoms with E-state index >= 15 is 0 Å². The van der Waals surface area contributed by atoms with Gasteiger partial charge in [-0.2, -0.15) is 0 Å². The van der Waals surface area contributed by atoms with Gasteiger partial charge in [0.1, 0.15) is 0 Å². The number of nitrogens with zero attached hydrogens (tertiary/aromatic N) is 1. The third kappa shape index (κ3) is 4.82. The standard InChI is InChI=1S/C13H20N2O4S/c1-2-3-8-19-9-10-20(17,18)12-6-4-11(5-7-12)13(14)15-16/h4-7,16H,2-3,8-10H2,1H3,(H2,14,15). The van der Waals surface area contributed by atoms with Crippen molar-refractivity contribution < 1.29 is 18.4 Å². The molecule has 1 aromatic carbocycles. The summed E-state index contributed by atoms with van der Waals surface area (Å²) in [4.78, 5) is 0.200. The van der Waals surface area contributed by atoms with Crippen LogP contribution in [0.3, 0.4) is 0 Å². The van der Waals surface area contributed by atoms with Gasteiger partial charge in [0.05, 0.1) is 17.3 Å². The zero-order valence-corrected chi connectivity index (χ0v) is 12.3. The molecule has 0 saturated heterocycles. The van der Waals surface area contributed by atoms with Gasteiger partial charge >= 0.3 is 0 Å². The molecular weight excluding hydrogens is 280 g/mol. The number of rotatable bonds is 8. The number of benzene rings is 1. The first-order valence-corrected chi connectivity index (χ1v) is 8.05. The zero-order valence-electron chi connectivity index (χ0n) is 11.4. The molecule has 20 heavy (non-hydrogen) atoms. The lowest BCUT2D eigenvalue weighted by atomic mass is 10.2. The molecule has 0 bridgehead atoms. The SMILES string of the molecule is CCCCOCCS(=O)(=O)c1ccc(/C(N)=N/O)cc1. The minimum Gasteiger partial charge on any atom is -0.409 e. The smallest absolute Gasteiger partial charge is 0.180 e. The van der Waals surface area contributed by atoms with Gasteiger partial charge in [-0.25, -0.2) is 8.42 Å². The quantitative estimate of drug-likeness (QED) is 0.248. The number of oxime groups is 1. The zero-order chi connectivity index (χ0) is 15.0. The highest BCUT2D eigenvalue weighted by atomic mass is 32.2. The van der Waals surface area contributed by atoms with E-state index in [9.17, 15) is 8.42 Å². The minimum atomic E-state index is -3.36. The monoisotopic (exact) mass is 300 g/mol. The molecule has 1 rings (SSSR count). The van der Waals surface area contributed by atoms with E-state index in [-0.39, 0.29) is 23.1 Å². The van der Waals surface area contributed by atoms with Crippen LogP contribution in [0.25, 0.3) is 0 Å². The Kier molecular flexibility index (Phi) is 6.47. The topological polar surface area (TPSA) is 102 Å². The summed E-state index contributed by atoms with van der Waals surface area (Å²) in [5.41, 5.74) is 5.87. The van der Waals surface area contributed by atoms with Crippen molar-refractivity contribution in [1.29, 1.82) is 0 Å². The van der Waals surface area contributed by atoms with Crippen LogP contribution in [0.15, 0.2) is 34.3 Å². The molecule has 0 aliphatic heterocycles. The van der Waals surface area contributed by atoms with Crippen molar-refractivity contribution in [2.24, 2.45) is 10.9 Å². The van der Waals surface area contributed by atoms with E-state index in [1.807, 2.05) is 6.92 Å². The van der Waals surface area contributed by atoms with Crippen molar-refractivity contribution in [2.45, 2.75) is 24.7 Å². The molecule has 0 radical (unpaired) electrons. The second-order valence-corrected chi connectivity index (χ2v) is 6.40. The van der Waals surface area contributed by atoms with Crippen LogP contribution in [-0.4, -0.2) is 38.4 Å². The Bertz CT molecular complexity index is 538. The molecule has 0 aliphatic carbocycles. The predicted molar refractivity (Wildman–Crippen MR) is 76.7 cm³/mol. The average Bonchev–Trinajstić information content (AvgIpc) is 2.46. The fourth-order valence-corrected chi connectivity index (χ4v) is 2.65. The normalized spacial score (nSPS) is 12.6.